The van der Waals surface area contributed by atoms with Crippen LogP contribution in [0.25, 0.3) is 0 Å². The first-order valence-electron chi connectivity index (χ1n) is 8.21. The zero-order valence-electron chi connectivity index (χ0n) is 16.4. The number of alkyl halides is 3. The van der Waals surface area contributed by atoms with Crippen molar-refractivity contribution in [1.82, 2.24) is 0 Å². The maximum Gasteiger partial charge on any atom is 0.426 e. The molecule has 1 unspecified atom stereocenters. The zero-order valence-corrected chi connectivity index (χ0v) is 17.2. The number of hydrogen-bond donors (Lipinski definition) is 1. The third-order valence-corrected chi connectivity index (χ3v) is 4.16. The van der Waals surface area contributed by atoms with Crippen LogP contribution in [0.1, 0.15) is 31.1 Å². The molecule has 0 bridgehead atoms. The predicted molar refractivity (Wildman–Crippen MR) is 101 cm³/mol. The van der Waals surface area contributed by atoms with Crippen LogP contribution >= 0.6 is 0 Å². The molecule has 0 aromatic heterocycles. The Balaban J connectivity index is 3.05. The number of nitrogens with zero attached hydrogens (tertiary/aromatic N) is 1. The van der Waals surface area contributed by atoms with Gasteiger partial charge in [-0.2, -0.15) is 21.6 Å². The Morgan fingerprint density at radius 1 is 1.24 bits per heavy atom. The second-order valence-corrected chi connectivity index (χ2v) is 8.72. The van der Waals surface area contributed by atoms with Crippen LogP contribution in [0.15, 0.2) is 18.2 Å². The van der Waals surface area contributed by atoms with Gasteiger partial charge in [-0.15, -0.1) is 0 Å². The topological polar surface area (TPSA) is 110 Å². The number of anilines is 1. The van der Waals surface area contributed by atoms with E-state index in [0.717, 1.165) is 11.0 Å². The molecule has 162 valence electrons. The number of amides is 1. The first-order valence-corrected chi connectivity index (χ1v) is 9.82. The molecule has 8 nitrogen and oxygen atoms in total. The lowest BCUT2D eigenvalue weighted by Gasteiger charge is -2.26. The van der Waals surface area contributed by atoms with Crippen molar-refractivity contribution in [1.29, 1.82) is 0 Å². The molecule has 1 aromatic carbocycles. The SMILES string of the molecule is Bc1cc(C(=O)OC(CS(=O)(=O)O)C(F)(F)F)ccc1N(C)C(=O)OC(C)(C)C. The van der Waals surface area contributed by atoms with Gasteiger partial charge < -0.3 is 9.47 Å². The van der Waals surface area contributed by atoms with Gasteiger partial charge in [0.2, 0.25) is 6.10 Å². The second kappa shape index (κ2) is 8.62. The lowest BCUT2D eigenvalue weighted by Crippen LogP contribution is -2.39. The van der Waals surface area contributed by atoms with Crippen LogP contribution in [-0.4, -0.2) is 63.6 Å². The Bertz CT molecular complexity index is 881. The summed E-state index contributed by atoms with van der Waals surface area (Å²) in [7, 11) is -2.12. The summed E-state index contributed by atoms with van der Waals surface area (Å²) in [5.74, 6) is -3.26. The van der Waals surface area contributed by atoms with Crippen LogP contribution in [0.4, 0.5) is 23.7 Å². The Hall–Kier alpha value is -2.28. The molecular weight excluding hydrogens is 418 g/mol. The van der Waals surface area contributed by atoms with Crippen LogP contribution in [0, 0.1) is 0 Å². The minimum Gasteiger partial charge on any atom is -0.448 e. The van der Waals surface area contributed by atoms with Crippen molar-refractivity contribution in [2.24, 2.45) is 0 Å². The summed E-state index contributed by atoms with van der Waals surface area (Å²) in [6.07, 6.45) is -8.91. The molecule has 1 aromatic rings. The average Bonchev–Trinajstić information content (AvgIpc) is 2.49. The van der Waals surface area contributed by atoms with Gasteiger partial charge in [0.05, 0.1) is 5.56 Å². The maximum atomic E-state index is 12.9. The van der Waals surface area contributed by atoms with E-state index in [1.807, 2.05) is 0 Å². The third kappa shape index (κ3) is 7.93. The van der Waals surface area contributed by atoms with Crippen LogP contribution < -0.4 is 10.4 Å². The summed E-state index contributed by atoms with van der Waals surface area (Å²) >= 11 is 0. The largest absolute Gasteiger partial charge is 0.448 e. The quantitative estimate of drug-likeness (QED) is 0.418. The lowest BCUT2D eigenvalue weighted by molar-refractivity contribution is -0.197. The number of halogens is 3. The summed E-state index contributed by atoms with van der Waals surface area (Å²) in [4.78, 5) is 25.3. The number of hydrogen-bond acceptors (Lipinski definition) is 6. The fourth-order valence-electron chi connectivity index (χ4n) is 2.17. The third-order valence-electron chi connectivity index (χ3n) is 3.44. The first kappa shape index (κ1) is 24.8. The summed E-state index contributed by atoms with van der Waals surface area (Å²) in [5, 5.41) is 0. The number of esters is 1. The standard InChI is InChI=1S/C16H21BF3NO7S/c1-15(2,3)28-14(23)21(4)11-6-5-9(7-10(11)17)13(22)27-12(16(18,19)20)8-29(24,25)26/h5-7,12H,8,17H2,1-4H3,(H,24,25,26). The number of benzene rings is 1. The van der Waals surface area contributed by atoms with E-state index in [2.05, 4.69) is 4.74 Å². The molecule has 0 saturated carbocycles. The van der Waals surface area contributed by atoms with Gasteiger partial charge in [0, 0.05) is 12.7 Å². The van der Waals surface area contributed by atoms with Crippen LogP contribution in [-0.2, 0) is 19.6 Å². The van der Waals surface area contributed by atoms with Gasteiger partial charge in [-0.25, -0.2) is 9.59 Å². The molecule has 29 heavy (non-hydrogen) atoms. The van der Waals surface area contributed by atoms with Gasteiger partial charge in [0.15, 0.2) is 0 Å². The predicted octanol–water partition coefficient (Wildman–Crippen LogP) is 1.29. The van der Waals surface area contributed by atoms with E-state index in [1.54, 1.807) is 20.8 Å². The van der Waals surface area contributed by atoms with Crippen LogP contribution in [0.2, 0.25) is 0 Å². The Morgan fingerprint density at radius 2 is 1.79 bits per heavy atom. The van der Waals surface area contributed by atoms with Gasteiger partial charge in [0.1, 0.15) is 19.2 Å². The minimum atomic E-state index is -5.20. The highest BCUT2D eigenvalue weighted by atomic mass is 32.2. The Morgan fingerprint density at radius 3 is 2.21 bits per heavy atom. The van der Waals surface area contributed by atoms with Crippen LogP contribution in [0.5, 0.6) is 0 Å². The first-order chi connectivity index (χ1) is 12.9. The van der Waals surface area contributed by atoms with Gasteiger partial charge in [-0.1, -0.05) is 11.5 Å². The van der Waals surface area contributed by atoms with Crippen molar-refractivity contribution in [3.8, 4) is 0 Å². The molecule has 0 radical (unpaired) electrons. The highest BCUT2D eigenvalue weighted by Gasteiger charge is 2.45. The highest BCUT2D eigenvalue weighted by molar-refractivity contribution is 7.85. The fraction of sp³-hybridized carbons (Fsp3) is 0.500. The second-order valence-electron chi connectivity index (χ2n) is 7.22. The zero-order chi connectivity index (χ0) is 22.8. The van der Waals surface area contributed by atoms with Crippen molar-refractivity contribution in [2.75, 3.05) is 17.7 Å². The maximum absolute atomic E-state index is 12.9. The average molecular weight is 439 g/mol. The number of carbonyl (C=O) groups is 2. The van der Waals surface area contributed by atoms with Gasteiger partial charge in [-0.3, -0.25) is 9.45 Å². The van der Waals surface area contributed by atoms with E-state index in [-0.39, 0.29) is 5.56 Å². The van der Waals surface area contributed by atoms with Crippen molar-refractivity contribution in [3.63, 3.8) is 0 Å². The summed E-state index contributed by atoms with van der Waals surface area (Å²) in [5.41, 5.74) is -0.358. The van der Waals surface area contributed by atoms with E-state index in [1.165, 1.54) is 27.0 Å². The summed E-state index contributed by atoms with van der Waals surface area (Å²) < 4.78 is 78.3. The van der Waals surface area contributed by atoms with E-state index in [9.17, 15) is 31.2 Å². The van der Waals surface area contributed by atoms with Crippen molar-refractivity contribution in [3.05, 3.63) is 23.8 Å². The molecule has 0 heterocycles. The Kier molecular flexibility index (Phi) is 7.36. The molecule has 0 saturated heterocycles. The van der Waals surface area contributed by atoms with Crippen LogP contribution in [0.3, 0.4) is 0 Å². The Labute approximate surface area is 167 Å². The lowest BCUT2D eigenvalue weighted by atomic mass is 9.91. The summed E-state index contributed by atoms with van der Waals surface area (Å²) in [6.45, 7) is 5.02. The molecule has 0 fully saturated rings. The molecule has 1 N–H and O–H groups in total. The smallest absolute Gasteiger partial charge is 0.426 e. The molecule has 13 heteroatoms. The van der Waals surface area contributed by atoms with Gasteiger partial charge in [-0.05, 0) is 32.9 Å². The van der Waals surface area contributed by atoms with Gasteiger partial charge >= 0.3 is 18.2 Å². The van der Waals surface area contributed by atoms with E-state index in [4.69, 9.17) is 9.29 Å². The molecule has 1 amide bonds. The monoisotopic (exact) mass is 439 g/mol. The molecule has 0 aliphatic carbocycles. The van der Waals surface area contributed by atoms with Crippen molar-refractivity contribution in [2.45, 2.75) is 38.7 Å². The van der Waals surface area contributed by atoms with E-state index < -0.39 is 45.8 Å². The molecule has 1 rings (SSSR count). The molecular formula is C16H21BF3NO7S. The molecule has 1 atom stereocenters. The number of carbonyl (C=O) groups excluding carboxylic acids is 2. The van der Waals surface area contributed by atoms with Gasteiger partial charge in [0.25, 0.3) is 10.1 Å². The van der Waals surface area contributed by atoms with Crippen molar-refractivity contribution < 1.29 is 45.2 Å². The summed E-state index contributed by atoms with van der Waals surface area (Å²) in [6, 6.07) is 3.60. The molecule has 0 aliphatic heterocycles. The van der Waals surface area contributed by atoms with Crippen molar-refractivity contribution >= 4 is 41.2 Å². The highest BCUT2D eigenvalue weighted by Crippen LogP contribution is 2.25. The number of rotatable bonds is 5. The molecule has 0 aliphatic rings. The van der Waals surface area contributed by atoms with E-state index >= 15 is 0 Å². The number of ether oxygens (including phenoxy) is 2. The minimum absolute atomic E-state index is 0.298. The normalized spacial score (nSPS) is 13.5. The van der Waals surface area contributed by atoms with E-state index in [0.29, 0.717) is 11.2 Å². The fourth-order valence-corrected chi connectivity index (χ4v) is 2.81. The molecule has 0 spiro atoms.